The number of carbonyl (C=O) groups excluding carboxylic acids is 1. The molecule has 162 valence electrons. The Morgan fingerprint density at radius 1 is 1.12 bits per heavy atom. The minimum Gasteiger partial charge on any atom is -0.497 e. The van der Waals surface area contributed by atoms with Gasteiger partial charge in [0.05, 0.1) is 35.4 Å². The minimum atomic E-state index is -0.261. The molecule has 0 saturated carbocycles. The summed E-state index contributed by atoms with van der Waals surface area (Å²) in [6.45, 7) is 0.777. The van der Waals surface area contributed by atoms with Crippen LogP contribution < -0.4 is 9.64 Å². The lowest BCUT2D eigenvalue weighted by molar-refractivity contribution is -0.117. The Labute approximate surface area is 190 Å². The number of benzene rings is 3. The van der Waals surface area contributed by atoms with Gasteiger partial charge in [-0.15, -0.1) is 0 Å². The zero-order valence-electron chi connectivity index (χ0n) is 17.5. The third-order valence-electron chi connectivity index (χ3n) is 5.90. The summed E-state index contributed by atoms with van der Waals surface area (Å²) in [5, 5.41) is 0.486. The van der Waals surface area contributed by atoms with Gasteiger partial charge < -0.3 is 14.2 Å². The van der Waals surface area contributed by atoms with Crippen molar-refractivity contribution in [1.29, 1.82) is 0 Å². The van der Waals surface area contributed by atoms with Crippen molar-refractivity contribution in [3.63, 3.8) is 0 Å². The third-order valence-corrected chi connectivity index (χ3v) is 6.22. The predicted molar refractivity (Wildman–Crippen MR) is 123 cm³/mol. The molecular weight excluding hydrogens is 429 g/mol. The number of anilines is 1. The highest BCUT2D eigenvalue weighted by Gasteiger charge is 2.36. The van der Waals surface area contributed by atoms with E-state index in [9.17, 15) is 9.18 Å². The molecule has 7 heteroatoms. The van der Waals surface area contributed by atoms with Gasteiger partial charge in [0.25, 0.3) is 0 Å². The first kappa shape index (κ1) is 20.5. The van der Waals surface area contributed by atoms with Crippen LogP contribution in [0.5, 0.6) is 5.75 Å². The quantitative estimate of drug-likeness (QED) is 0.409. The third kappa shape index (κ3) is 3.60. The lowest BCUT2D eigenvalue weighted by Crippen LogP contribution is -2.25. The molecule has 1 fully saturated rings. The summed E-state index contributed by atoms with van der Waals surface area (Å²) in [6, 6.07) is 19.8. The first-order valence-electron chi connectivity index (χ1n) is 10.4. The second-order valence-electron chi connectivity index (χ2n) is 7.86. The Hall–Kier alpha value is -3.38. The number of methoxy groups -OCH3 is 1. The summed E-state index contributed by atoms with van der Waals surface area (Å²) < 4.78 is 21.7. The summed E-state index contributed by atoms with van der Waals surface area (Å²) in [5.41, 5.74) is 2.93. The standard InChI is InChI=1S/C25H21ClFN3O2/c1-32-18-10-11-19(26)23(13-18)29-15-17(12-24(29)31)25-28-21-8-4-5-9-22(21)30(25)14-16-6-2-3-7-20(16)27/h2-11,13,17H,12,14-15H2,1H3/t17-/m0/s1. The molecule has 4 aromatic rings. The molecular formula is C25H21ClFN3O2. The molecule has 5 nitrogen and oxygen atoms in total. The van der Waals surface area contributed by atoms with Crippen molar-refractivity contribution in [1.82, 2.24) is 9.55 Å². The fraction of sp³-hybridized carbons (Fsp3) is 0.200. The SMILES string of the molecule is COc1ccc(Cl)c(N2C[C@@H](c3nc4ccccc4n3Cc3ccccc3F)CC2=O)c1. The number of carbonyl (C=O) groups is 1. The average Bonchev–Trinajstić information content (AvgIpc) is 3.36. The number of imidazole rings is 1. The molecule has 1 saturated heterocycles. The largest absolute Gasteiger partial charge is 0.497 e. The van der Waals surface area contributed by atoms with Crippen LogP contribution >= 0.6 is 11.6 Å². The summed E-state index contributed by atoms with van der Waals surface area (Å²) in [4.78, 5) is 19.5. The topological polar surface area (TPSA) is 47.4 Å². The van der Waals surface area contributed by atoms with Gasteiger partial charge in [-0.25, -0.2) is 9.37 Å². The molecule has 0 radical (unpaired) electrons. The number of hydrogen-bond donors (Lipinski definition) is 0. The molecule has 1 aliphatic heterocycles. The highest BCUT2D eigenvalue weighted by Crippen LogP contribution is 2.38. The van der Waals surface area contributed by atoms with E-state index in [-0.39, 0.29) is 17.6 Å². The zero-order valence-corrected chi connectivity index (χ0v) is 18.2. The van der Waals surface area contributed by atoms with Crippen LogP contribution in [0.3, 0.4) is 0 Å². The fourth-order valence-electron chi connectivity index (χ4n) is 4.31. The maximum absolute atomic E-state index is 14.4. The van der Waals surface area contributed by atoms with Crippen molar-refractivity contribution in [3.8, 4) is 5.75 Å². The highest BCUT2D eigenvalue weighted by molar-refractivity contribution is 6.34. The van der Waals surface area contributed by atoms with E-state index in [4.69, 9.17) is 21.3 Å². The monoisotopic (exact) mass is 449 g/mol. The number of amides is 1. The number of halogens is 2. The number of para-hydroxylation sites is 2. The van der Waals surface area contributed by atoms with Crippen molar-refractivity contribution in [2.24, 2.45) is 0 Å². The van der Waals surface area contributed by atoms with E-state index in [1.807, 2.05) is 34.9 Å². The van der Waals surface area contributed by atoms with Crippen LogP contribution in [-0.4, -0.2) is 29.1 Å². The predicted octanol–water partition coefficient (Wildman–Crippen LogP) is 5.41. The molecule has 5 rings (SSSR count). The number of hydrogen-bond acceptors (Lipinski definition) is 3. The van der Waals surface area contributed by atoms with E-state index >= 15 is 0 Å². The van der Waals surface area contributed by atoms with E-state index in [0.717, 1.165) is 16.9 Å². The first-order valence-corrected chi connectivity index (χ1v) is 10.8. The molecule has 1 amide bonds. The van der Waals surface area contributed by atoms with Gasteiger partial charge in [-0.1, -0.05) is 41.9 Å². The van der Waals surface area contributed by atoms with Gasteiger partial charge in [0.2, 0.25) is 5.91 Å². The normalized spacial score (nSPS) is 16.2. The molecule has 1 aromatic heterocycles. The van der Waals surface area contributed by atoms with E-state index in [1.54, 1.807) is 42.3 Å². The van der Waals surface area contributed by atoms with Crippen LogP contribution in [0, 0.1) is 5.82 Å². The summed E-state index contributed by atoms with van der Waals surface area (Å²) in [6.07, 6.45) is 0.300. The van der Waals surface area contributed by atoms with Gasteiger partial charge in [-0.2, -0.15) is 0 Å². The Kier molecular flexibility index (Phi) is 5.31. The summed E-state index contributed by atoms with van der Waals surface area (Å²) in [5.74, 6) is 0.957. The average molecular weight is 450 g/mol. The molecule has 1 atom stereocenters. The van der Waals surface area contributed by atoms with Crippen molar-refractivity contribution in [2.45, 2.75) is 18.9 Å². The molecule has 0 bridgehead atoms. The van der Waals surface area contributed by atoms with Crippen LogP contribution in [-0.2, 0) is 11.3 Å². The second-order valence-corrected chi connectivity index (χ2v) is 8.27. The van der Waals surface area contributed by atoms with Crippen molar-refractivity contribution in [3.05, 3.63) is 89.0 Å². The Balaban J connectivity index is 1.54. The zero-order chi connectivity index (χ0) is 22.2. The molecule has 3 aromatic carbocycles. The number of rotatable bonds is 5. The van der Waals surface area contributed by atoms with Gasteiger partial charge in [-0.05, 0) is 30.3 Å². The summed E-state index contributed by atoms with van der Waals surface area (Å²) in [7, 11) is 1.58. The molecule has 0 N–H and O–H groups in total. The van der Waals surface area contributed by atoms with Gasteiger partial charge >= 0.3 is 0 Å². The van der Waals surface area contributed by atoms with Gasteiger partial charge in [-0.3, -0.25) is 4.79 Å². The van der Waals surface area contributed by atoms with E-state index in [2.05, 4.69) is 0 Å². The fourth-order valence-corrected chi connectivity index (χ4v) is 4.53. The van der Waals surface area contributed by atoms with E-state index < -0.39 is 0 Å². The van der Waals surface area contributed by atoms with Gasteiger partial charge in [0.15, 0.2) is 0 Å². The van der Waals surface area contributed by atoms with Crippen LogP contribution in [0.1, 0.15) is 23.7 Å². The summed E-state index contributed by atoms with van der Waals surface area (Å²) >= 11 is 6.40. The van der Waals surface area contributed by atoms with Gasteiger partial charge in [0.1, 0.15) is 17.4 Å². The number of aromatic nitrogens is 2. The van der Waals surface area contributed by atoms with Crippen molar-refractivity contribution in [2.75, 3.05) is 18.6 Å². The van der Waals surface area contributed by atoms with Gasteiger partial charge in [0, 0.05) is 30.5 Å². The molecule has 32 heavy (non-hydrogen) atoms. The number of nitrogens with zero attached hydrogens (tertiary/aromatic N) is 3. The first-order chi connectivity index (χ1) is 15.5. The maximum Gasteiger partial charge on any atom is 0.227 e. The number of fused-ring (bicyclic) bond motifs is 1. The van der Waals surface area contributed by atoms with Crippen LogP contribution in [0.15, 0.2) is 66.7 Å². The van der Waals surface area contributed by atoms with Crippen molar-refractivity contribution < 1.29 is 13.9 Å². The van der Waals surface area contributed by atoms with Crippen LogP contribution in [0.25, 0.3) is 11.0 Å². The molecule has 0 spiro atoms. The van der Waals surface area contributed by atoms with Crippen LogP contribution in [0.4, 0.5) is 10.1 Å². The Bertz CT molecular complexity index is 1320. The molecule has 0 unspecified atom stereocenters. The molecule has 2 heterocycles. The Morgan fingerprint density at radius 2 is 1.91 bits per heavy atom. The highest BCUT2D eigenvalue weighted by atomic mass is 35.5. The lowest BCUT2D eigenvalue weighted by Gasteiger charge is -2.19. The van der Waals surface area contributed by atoms with E-state index in [1.165, 1.54) is 6.07 Å². The van der Waals surface area contributed by atoms with E-state index in [0.29, 0.717) is 41.5 Å². The van der Waals surface area contributed by atoms with Crippen molar-refractivity contribution >= 4 is 34.2 Å². The molecule has 0 aliphatic carbocycles. The minimum absolute atomic E-state index is 0.0327. The second kappa shape index (κ2) is 8.28. The Morgan fingerprint density at radius 3 is 2.72 bits per heavy atom. The van der Waals surface area contributed by atoms with Crippen LogP contribution in [0.2, 0.25) is 5.02 Å². The molecule has 1 aliphatic rings. The lowest BCUT2D eigenvalue weighted by atomic mass is 10.1. The number of ether oxygens (including phenoxy) is 1. The smallest absolute Gasteiger partial charge is 0.227 e. The maximum atomic E-state index is 14.4.